The molecule has 0 bridgehead atoms. The van der Waals surface area contributed by atoms with Crippen LogP contribution in [0.25, 0.3) is 5.65 Å². The number of hydrogen-bond acceptors (Lipinski definition) is 1. The van der Waals surface area contributed by atoms with Gasteiger partial charge in [0.25, 0.3) is 0 Å². The highest BCUT2D eigenvalue weighted by Gasteiger charge is 2.20. The third-order valence-corrected chi connectivity index (χ3v) is 3.40. The maximum atomic E-state index is 6.01. The first-order valence-electron chi connectivity index (χ1n) is 5.39. The lowest BCUT2D eigenvalue weighted by Gasteiger charge is -2.17. The first kappa shape index (κ1) is 9.22. The van der Waals surface area contributed by atoms with Gasteiger partial charge < -0.3 is 4.40 Å². The van der Waals surface area contributed by atoms with E-state index in [0.717, 1.165) is 29.4 Å². The lowest BCUT2D eigenvalue weighted by Crippen LogP contribution is -2.12. The fourth-order valence-electron chi connectivity index (χ4n) is 2.35. The van der Waals surface area contributed by atoms with Crippen LogP contribution in [0.1, 0.15) is 24.7 Å². The second-order valence-corrected chi connectivity index (χ2v) is 4.87. The SMILES string of the molecule is CC1CCc2nc3ccc(Cl)cn3c2C1. The van der Waals surface area contributed by atoms with Gasteiger partial charge in [-0.2, -0.15) is 0 Å². The second-order valence-electron chi connectivity index (χ2n) is 4.43. The summed E-state index contributed by atoms with van der Waals surface area (Å²) in [6.07, 6.45) is 5.46. The first-order valence-corrected chi connectivity index (χ1v) is 5.77. The number of aryl methyl sites for hydroxylation is 1. The van der Waals surface area contributed by atoms with Gasteiger partial charge in [-0.05, 0) is 37.3 Å². The van der Waals surface area contributed by atoms with Crippen molar-refractivity contribution in [2.24, 2.45) is 5.92 Å². The molecule has 0 aromatic carbocycles. The fourth-order valence-corrected chi connectivity index (χ4v) is 2.51. The summed E-state index contributed by atoms with van der Waals surface area (Å²) in [5, 5.41) is 0.779. The van der Waals surface area contributed by atoms with Crippen LogP contribution in [0.2, 0.25) is 5.02 Å². The highest BCUT2D eigenvalue weighted by Crippen LogP contribution is 2.26. The van der Waals surface area contributed by atoms with Gasteiger partial charge in [0.15, 0.2) is 0 Å². The Morgan fingerprint density at radius 1 is 1.47 bits per heavy atom. The van der Waals surface area contributed by atoms with Crippen molar-refractivity contribution in [1.82, 2.24) is 9.38 Å². The Hall–Kier alpha value is -1.02. The molecule has 0 amide bonds. The van der Waals surface area contributed by atoms with E-state index in [1.54, 1.807) is 0 Å². The van der Waals surface area contributed by atoms with Gasteiger partial charge in [0.2, 0.25) is 0 Å². The van der Waals surface area contributed by atoms with Crippen LogP contribution in [-0.4, -0.2) is 9.38 Å². The minimum absolute atomic E-state index is 0.761. The molecule has 0 spiro atoms. The summed E-state index contributed by atoms with van der Waals surface area (Å²) in [5.74, 6) is 0.761. The standard InChI is InChI=1S/C12H13ClN2/c1-8-2-4-10-11(6-8)15-7-9(13)3-5-12(15)14-10/h3,5,7-8H,2,4,6H2,1H3. The van der Waals surface area contributed by atoms with E-state index in [-0.39, 0.29) is 0 Å². The van der Waals surface area contributed by atoms with Gasteiger partial charge >= 0.3 is 0 Å². The molecule has 0 radical (unpaired) electrons. The van der Waals surface area contributed by atoms with Crippen LogP contribution in [0, 0.1) is 5.92 Å². The summed E-state index contributed by atoms with van der Waals surface area (Å²) in [5.41, 5.74) is 3.64. The van der Waals surface area contributed by atoms with Gasteiger partial charge in [-0.1, -0.05) is 18.5 Å². The number of hydrogen-bond donors (Lipinski definition) is 0. The molecule has 1 aliphatic carbocycles. The predicted molar refractivity (Wildman–Crippen MR) is 61.4 cm³/mol. The van der Waals surface area contributed by atoms with E-state index in [1.807, 2.05) is 18.3 Å². The quantitative estimate of drug-likeness (QED) is 0.667. The first-order chi connectivity index (χ1) is 7.24. The summed E-state index contributed by atoms with van der Waals surface area (Å²) < 4.78 is 2.15. The summed E-state index contributed by atoms with van der Waals surface area (Å²) in [6, 6.07) is 3.89. The molecule has 0 fully saturated rings. The number of pyridine rings is 1. The second kappa shape index (κ2) is 3.24. The Morgan fingerprint density at radius 2 is 2.33 bits per heavy atom. The topological polar surface area (TPSA) is 17.3 Å². The number of halogens is 1. The zero-order valence-corrected chi connectivity index (χ0v) is 9.46. The molecular weight excluding hydrogens is 208 g/mol. The molecule has 2 aromatic heterocycles. The number of fused-ring (bicyclic) bond motifs is 3. The molecule has 3 heteroatoms. The molecule has 0 saturated heterocycles. The van der Waals surface area contributed by atoms with Crippen LogP contribution in [0.3, 0.4) is 0 Å². The number of imidazole rings is 1. The van der Waals surface area contributed by atoms with Crippen molar-refractivity contribution in [2.45, 2.75) is 26.2 Å². The summed E-state index contributed by atoms with van der Waals surface area (Å²) >= 11 is 6.01. The van der Waals surface area contributed by atoms with E-state index >= 15 is 0 Å². The van der Waals surface area contributed by atoms with Crippen molar-refractivity contribution in [3.63, 3.8) is 0 Å². The smallest absolute Gasteiger partial charge is 0.137 e. The molecule has 78 valence electrons. The van der Waals surface area contributed by atoms with Crippen LogP contribution in [0.15, 0.2) is 18.3 Å². The Bertz CT molecular complexity index is 516. The van der Waals surface area contributed by atoms with Crippen LogP contribution in [0.5, 0.6) is 0 Å². The zero-order chi connectivity index (χ0) is 10.4. The van der Waals surface area contributed by atoms with Gasteiger partial charge in [-0.25, -0.2) is 4.98 Å². The molecular formula is C12H13ClN2. The number of nitrogens with zero attached hydrogens (tertiary/aromatic N) is 2. The highest BCUT2D eigenvalue weighted by atomic mass is 35.5. The Kier molecular flexibility index (Phi) is 1.99. The molecule has 15 heavy (non-hydrogen) atoms. The lowest BCUT2D eigenvalue weighted by molar-refractivity contribution is 0.488. The van der Waals surface area contributed by atoms with Crippen molar-refractivity contribution < 1.29 is 0 Å². The molecule has 1 aliphatic rings. The van der Waals surface area contributed by atoms with E-state index in [4.69, 9.17) is 11.6 Å². The Labute approximate surface area is 93.9 Å². The van der Waals surface area contributed by atoms with Crippen molar-refractivity contribution in [3.05, 3.63) is 34.7 Å². The van der Waals surface area contributed by atoms with E-state index < -0.39 is 0 Å². The van der Waals surface area contributed by atoms with Gasteiger partial charge in [0, 0.05) is 11.9 Å². The maximum Gasteiger partial charge on any atom is 0.137 e. The van der Waals surface area contributed by atoms with Gasteiger partial charge in [-0.3, -0.25) is 0 Å². The van der Waals surface area contributed by atoms with Gasteiger partial charge in [0.05, 0.1) is 10.7 Å². The molecule has 0 saturated carbocycles. The Morgan fingerprint density at radius 3 is 3.20 bits per heavy atom. The minimum atomic E-state index is 0.761. The predicted octanol–water partition coefficient (Wildman–Crippen LogP) is 3.11. The monoisotopic (exact) mass is 220 g/mol. The van der Waals surface area contributed by atoms with E-state index in [1.165, 1.54) is 17.8 Å². The molecule has 0 N–H and O–H groups in total. The van der Waals surface area contributed by atoms with Crippen LogP contribution in [-0.2, 0) is 12.8 Å². The fraction of sp³-hybridized carbons (Fsp3) is 0.417. The number of rotatable bonds is 0. The molecule has 2 aromatic rings. The van der Waals surface area contributed by atoms with E-state index in [0.29, 0.717) is 0 Å². The average Bonchev–Trinajstić information content (AvgIpc) is 2.56. The number of aromatic nitrogens is 2. The summed E-state index contributed by atoms with van der Waals surface area (Å²) in [6.45, 7) is 2.30. The molecule has 2 nitrogen and oxygen atoms in total. The van der Waals surface area contributed by atoms with E-state index in [2.05, 4.69) is 16.3 Å². The lowest BCUT2D eigenvalue weighted by atomic mass is 9.91. The Balaban J connectivity index is 2.25. The van der Waals surface area contributed by atoms with Crippen molar-refractivity contribution in [1.29, 1.82) is 0 Å². The molecule has 0 aliphatic heterocycles. The average molecular weight is 221 g/mol. The maximum absolute atomic E-state index is 6.01. The largest absolute Gasteiger partial charge is 0.302 e. The summed E-state index contributed by atoms with van der Waals surface area (Å²) in [7, 11) is 0. The van der Waals surface area contributed by atoms with Crippen LogP contribution >= 0.6 is 11.6 Å². The molecule has 3 rings (SSSR count). The van der Waals surface area contributed by atoms with Gasteiger partial charge in [-0.15, -0.1) is 0 Å². The molecule has 1 atom stereocenters. The van der Waals surface area contributed by atoms with E-state index in [9.17, 15) is 0 Å². The third kappa shape index (κ3) is 1.44. The highest BCUT2D eigenvalue weighted by molar-refractivity contribution is 6.30. The van der Waals surface area contributed by atoms with Gasteiger partial charge in [0.1, 0.15) is 5.65 Å². The van der Waals surface area contributed by atoms with Crippen molar-refractivity contribution in [2.75, 3.05) is 0 Å². The van der Waals surface area contributed by atoms with Crippen molar-refractivity contribution in [3.8, 4) is 0 Å². The third-order valence-electron chi connectivity index (χ3n) is 3.18. The molecule has 2 heterocycles. The summed E-state index contributed by atoms with van der Waals surface area (Å²) in [4.78, 5) is 4.63. The minimum Gasteiger partial charge on any atom is -0.302 e. The van der Waals surface area contributed by atoms with Crippen molar-refractivity contribution >= 4 is 17.2 Å². The zero-order valence-electron chi connectivity index (χ0n) is 8.70. The molecule has 1 unspecified atom stereocenters. The van der Waals surface area contributed by atoms with Crippen LogP contribution in [0.4, 0.5) is 0 Å². The van der Waals surface area contributed by atoms with Crippen LogP contribution < -0.4 is 0 Å². The normalized spacial score (nSPS) is 20.5.